The van der Waals surface area contributed by atoms with Gasteiger partial charge in [-0.1, -0.05) is 0 Å². The van der Waals surface area contributed by atoms with E-state index >= 15 is 0 Å². The highest BCUT2D eigenvalue weighted by molar-refractivity contribution is 5.89. The molecule has 0 bridgehead atoms. The molecule has 0 spiro atoms. The number of nitrogens with zero attached hydrogens (tertiary/aromatic N) is 2. The average Bonchev–Trinajstić information content (AvgIpc) is 3.81. The number of nitrogens with one attached hydrogen (secondary N) is 1. The van der Waals surface area contributed by atoms with Crippen LogP contribution in [-0.4, -0.2) is 77.5 Å². The van der Waals surface area contributed by atoms with E-state index in [1.165, 1.54) is 12.1 Å². The number of aromatic carboxylic acids is 1. The molecule has 3 N–H and O–H groups in total. The lowest BCUT2D eigenvalue weighted by molar-refractivity contribution is -0.165. The number of carbonyl (C=O) groups is 2. The lowest BCUT2D eigenvalue weighted by atomic mass is 9.85. The molecule has 3 aliphatic rings. The van der Waals surface area contributed by atoms with Crippen LogP contribution in [0.15, 0.2) is 36.4 Å². The van der Waals surface area contributed by atoms with E-state index in [0.29, 0.717) is 44.2 Å². The van der Waals surface area contributed by atoms with Gasteiger partial charge in [-0.25, -0.2) is 13.6 Å². The van der Waals surface area contributed by atoms with E-state index in [-0.39, 0.29) is 43.3 Å². The number of hydrogen-bond donors (Lipinski definition) is 3. The molecule has 8 nitrogen and oxygen atoms in total. The van der Waals surface area contributed by atoms with Gasteiger partial charge < -0.3 is 25.2 Å². The van der Waals surface area contributed by atoms with Gasteiger partial charge in [-0.15, -0.1) is 0 Å². The van der Waals surface area contributed by atoms with Gasteiger partial charge in [0.15, 0.2) is 0 Å². The molecule has 2 saturated heterocycles. The van der Waals surface area contributed by atoms with Gasteiger partial charge >= 0.3 is 12.1 Å². The van der Waals surface area contributed by atoms with E-state index in [0.717, 1.165) is 31.0 Å². The third-order valence-corrected chi connectivity index (χ3v) is 8.49. The van der Waals surface area contributed by atoms with Gasteiger partial charge in [0.25, 0.3) is 5.91 Å². The molecule has 2 aromatic carbocycles. The van der Waals surface area contributed by atoms with Crippen LogP contribution in [0.25, 0.3) is 0 Å². The summed E-state index contributed by atoms with van der Waals surface area (Å²) in [5, 5.41) is 22.1. The van der Waals surface area contributed by atoms with Gasteiger partial charge in [-0.2, -0.15) is 13.2 Å². The summed E-state index contributed by atoms with van der Waals surface area (Å²) in [6, 6.07) is 5.60. The Balaban J connectivity index is 1.21. The highest BCUT2D eigenvalue weighted by Gasteiger charge is 2.54. The Morgan fingerprint density at radius 3 is 2.45 bits per heavy atom. The lowest BCUT2D eigenvalue weighted by Gasteiger charge is -2.48. The average molecular weight is 598 g/mol. The Kier molecular flexibility index (Phi) is 8.46. The maximum Gasteiger partial charge on any atom is 0.416 e. The molecule has 2 aliphatic heterocycles. The molecule has 3 atom stereocenters. The number of alkyl halides is 3. The van der Waals surface area contributed by atoms with E-state index in [9.17, 15) is 41.8 Å². The number of hydrogen-bond acceptors (Lipinski definition) is 6. The first-order valence-corrected chi connectivity index (χ1v) is 13.8. The molecule has 2 aromatic rings. The van der Waals surface area contributed by atoms with Crippen molar-refractivity contribution < 1.29 is 46.5 Å². The number of carbonyl (C=O) groups excluding carboxylic acids is 1. The van der Waals surface area contributed by atoms with E-state index in [2.05, 4.69) is 10.2 Å². The molecule has 0 unspecified atom stereocenters. The fourth-order valence-electron chi connectivity index (χ4n) is 6.12. The van der Waals surface area contributed by atoms with Gasteiger partial charge in [0.1, 0.15) is 17.2 Å². The SMILES string of the molecule is O=C(O)c1cc(N2CCN([C@@H]3CC[C@@](C(=O)NCc4cc(F)cc(C(F)(F)F)c4)(C4CC4)OC3)C[C@@H]2CO)ccc1F. The van der Waals surface area contributed by atoms with Crippen LogP contribution in [0.1, 0.15) is 47.2 Å². The van der Waals surface area contributed by atoms with E-state index < -0.39 is 46.4 Å². The molecule has 42 heavy (non-hydrogen) atoms. The number of amides is 1. The Morgan fingerprint density at radius 1 is 1.07 bits per heavy atom. The quantitative estimate of drug-likeness (QED) is 0.398. The Morgan fingerprint density at radius 2 is 1.83 bits per heavy atom. The van der Waals surface area contributed by atoms with Crippen molar-refractivity contribution in [2.75, 3.05) is 37.7 Å². The summed E-state index contributed by atoms with van der Waals surface area (Å²) < 4.78 is 73.2. The molecular formula is C29H32F5N3O5. The van der Waals surface area contributed by atoms with E-state index in [1.807, 2.05) is 4.90 Å². The van der Waals surface area contributed by atoms with Crippen LogP contribution in [0.4, 0.5) is 27.6 Å². The van der Waals surface area contributed by atoms with Crippen LogP contribution in [-0.2, 0) is 22.3 Å². The summed E-state index contributed by atoms with van der Waals surface area (Å²) >= 11 is 0. The van der Waals surface area contributed by atoms with Crippen molar-refractivity contribution in [3.8, 4) is 0 Å². The summed E-state index contributed by atoms with van der Waals surface area (Å²) in [5.41, 5.74) is -2.18. The Bertz CT molecular complexity index is 1330. The zero-order valence-corrected chi connectivity index (χ0v) is 22.7. The summed E-state index contributed by atoms with van der Waals surface area (Å²) in [6.45, 7) is 1.21. The van der Waals surface area contributed by atoms with Crippen molar-refractivity contribution in [2.24, 2.45) is 5.92 Å². The minimum Gasteiger partial charge on any atom is -0.478 e. The molecule has 1 amide bonds. The van der Waals surface area contributed by atoms with Gasteiger partial charge in [0, 0.05) is 37.9 Å². The van der Waals surface area contributed by atoms with Crippen LogP contribution >= 0.6 is 0 Å². The fraction of sp³-hybridized carbons (Fsp3) is 0.517. The standard InChI is InChI=1S/C29H32F5N3O5/c30-20-10-17(9-19(11-20)29(32,33)34)13-35-27(41)28(18-1-2-18)6-5-22(16-42-28)36-7-8-37(23(14-36)15-38)21-3-4-25(31)24(12-21)26(39)40/h3-4,9-12,18,22-23,38H,1-2,5-8,13-16H2,(H,35,41)(H,39,40)/t22-,23-,28+/m1/s1. The molecule has 5 rings (SSSR count). The number of anilines is 1. The van der Waals surface area contributed by atoms with Gasteiger partial charge in [-0.3, -0.25) is 9.69 Å². The van der Waals surface area contributed by atoms with Crippen molar-refractivity contribution >= 4 is 17.6 Å². The number of carboxylic acids is 1. The first-order valence-electron chi connectivity index (χ1n) is 13.8. The number of ether oxygens (including phenoxy) is 1. The minimum atomic E-state index is -4.71. The normalized spacial score (nSPS) is 25.3. The zero-order valence-electron chi connectivity index (χ0n) is 22.7. The largest absolute Gasteiger partial charge is 0.478 e. The summed E-state index contributed by atoms with van der Waals surface area (Å²) in [7, 11) is 0. The first kappa shape index (κ1) is 30.2. The topological polar surface area (TPSA) is 102 Å². The molecular weight excluding hydrogens is 565 g/mol. The van der Waals surface area contributed by atoms with Crippen molar-refractivity contribution in [2.45, 2.75) is 56.1 Å². The predicted molar refractivity (Wildman–Crippen MR) is 141 cm³/mol. The highest BCUT2D eigenvalue weighted by atomic mass is 19.4. The number of aliphatic hydroxyl groups is 1. The van der Waals surface area contributed by atoms with Crippen LogP contribution in [0.2, 0.25) is 0 Å². The third kappa shape index (κ3) is 6.23. The van der Waals surface area contributed by atoms with Crippen molar-refractivity contribution in [3.05, 3.63) is 64.7 Å². The van der Waals surface area contributed by atoms with Crippen molar-refractivity contribution in [3.63, 3.8) is 0 Å². The molecule has 0 radical (unpaired) electrons. The van der Waals surface area contributed by atoms with Crippen molar-refractivity contribution in [1.29, 1.82) is 0 Å². The van der Waals surface area contributed by atoms with Crippen LogP contribution in [0, 0.1) is 17.6 Å². The molecule has 2 heterocycles. The Labute approximate surface area is 239 Å². The summed E-state index contributed by atoms with van der Waals surface area (Å²) in [4.78, 5) is 28.7. The first-order chi connectivity index (χ1) is 19.9. The predicted octanol–water partition coefficient (Wildman–Crippen LogP) is 3.81. The van der Waals surface area contributed by atoms with Gasteiger partial charge in [0.2, 0.25) is 0 Å². The molecule has 3 fully saturated rings. The van der Waals surface area contributed by atoms with E-state index in [4.69, 9.17) is 4.74 Å². The van der Waals surface area contributed by atoms with Crippen LogP contribution in [0.5, 0.6) is 0 Å². The molecule has 1 aliphatic carbocycles. The van der Waals surface area contributed by atoms with Crippen molar-refractivity contribution in [1.82, 2.24) is 10.2 Å². The monoisotopic (exact) mass is 597 g/mol. The summed E-state index contributed by atoms with van der Waals surface area (Å²) in [6.07, 6.45) is -2.12. The summed E-state index contributed by atoms with van der Waals surface area (Å²) in [5.74, 6) is -3.69. The maximum absolute atomic E-state index is 13.9. The third-order valence-electron chi connectivity index (χ3n) is 8.49. The minimum absolute atomic E-state index is 0.000135. The fourth-order valence-corrected chi connectivity index (χ4v) is 6.12. The van der Waals surface area contributed by atoms with Crippen LogP contribution < -0.4 is 10.2 Å². The maximum atomic E-state index is 13.9. The molecule has 13 heteroatoms. The van der Waals surface area contributed by atoms with Gasteiger partial charge in [0.05, 0.1) is 30.4 Å². The molecule has 228 valence electrons. The number of halogens is 5. The second-order valence-electron chi connectivity index (χ2n) is 11.2. The highest BCUT2D eigenvalue weighted by Crippen LogP contribution is 2.47. The number of piperazine rings is 1. The lowest BCUT2D eigenvalue weighted by Crippen LogP contribution is -2.61. The second-order valence-corrected chi connectivity index (χ2v) is 11.2. The van der Waals surface area contributed by atoms with Gasteiger partial charge in [-0.05, 0) is 73.6 Å². The number of benzene rings is 2. The Hall–Kier alpha value is -3.29. The van der Waals surface area contributed by atoms with Crippen LogP contribution in [0.3, 0.4) is 0 Å². The van der Waals surface area contributed by atoms with E-state index in [1.54, 1.807) is 0 Å². The second kappa shape index (κ2) is 11.8. The molecule has 1 saturated carbocycles. The molecule has 0 aromatic heterocycles. The number of aliphatic hydroxyl groups excluding tert-OH is 1. The smallest absolute Gasteiger partial charge is 0.416 e. The number of rotatable bonds is 8. The zero-order chi connectivity index (χ0) is 30.2. The number of carboxylic acid groups (broad SMARTS) is 1.